The molecule has 104 valence electrons. The molecule has 0 unspecified atom stereocenters. The van der Waals surface area contributed by atoms with Crippen molar-refractivity contribution in [1.29, 1.82) is 0 Å². The Kier molecular flexibility index (Phi) is 3.69. The molecule has 0 spiro atoms. The minimum absolute atomic E-state index is 0.649. The summed E-state index contributed by atoms with van der Waals surface area (Å²) in [6, 6.07) is 0. The number of hydrogen-bond donors (Lipinski definition) is 1. The van der Waals surface area contributed by atoms with Crippen LogP contribution >= 0.6 is 23.2 Å². The van der Waals surface area contributed by atoms with Crippen molar-refractivity contribution in [3.05, 3.63) is 11.1 Å². The molecule has 0 aromatic carbocycles. The fourth-order valence-electron chi connectivity index (χ4n) is 1.86. The van der Waals surface area contributed by atoms with Crippen LogP contribution in [0, 0.1) is 17.3 Å². The summed E-state index contributed by atoms with van der Waals surface area (Å²) < 4.78 is 51.0. The number of alkyl halides is 5. The smallest absolute Gasteiger partial charge is 0.389 e. The molecule has 0 aromatic heterocycles. The van der Waals surface area contributed by atoms with Gasteiger partial charge in [0.1, 0.15) is 0 Å². The Balaban J connectivity index is 2.97. The summed E-state index contributed by atoms with van der Waals surface area (Å²) in [5.74, 6) is -7.66. The predicted octanol–water partition coefficient (Wildman–Crippen LogP) is 3.93. The molecule has 1 saturated carbocycles. The Labute approximate surface area is 111 Å². The van der Waals surface area contributed by atoms with Crippen molar-refractivity contribution in [3.8, 4) is 0 Å². The van der Waals surface area contributed by atoms with Gasteiger partial charge in [-0.15, -0.1) is 0 Å². The second kappa shape index (κ2) is 4.27. The molecule has 0 heterocycles. The highest BCUT2D eigenvalue weighted by atomic mass is 35.5. The number of carboxylic acid groups (broad SMARTS) is 1. The van der Waals surface area contributed by atoms with E-state index in [0.29, 0.717) is 6.08 Å². The first-order valence-electron chi connectivity index (χ1n) is 4.88. The lowest BCUT2D eigenvalue weighted by atomic mass is 10.1. The molecule has 0 aromatic rings. The SMILES string of the molecule is CC1(C)[C@@H](/C=C(\Cl)C(F)(F)C(F)(F)Cl)[C@@H]1C(=O)O. The largest absolute Gasteiger partial charge is 0.481 e. The molecule has 2 nitrogen and oxygen atoms in total. The Morgan fingerprint density at radius 2 is 1.78 bits per heavy atom. The third-order valence-electron chi connectivity index (χ3n) is 3.16. The van der Waals surface area contributed by atoms with Gasteiger partial charge in [0.05, 0.1) is 11.0 Å². The van der Waals surface area contributed by atoms with Crippen LogP contribution in [-0.2, 0) is 4.79 Å². The molecular weight excluding hydrogens is 299 g/mol. The number of aliphatic carboxylic acids is 1. The summed E-state index contributed by atoms with van der Waals surface area (Å²) in [6.07, 6.45) is 0.649. The average Bonchev–Trinajstić information content (AvgIpc) is 2.65. The van der Waals surface area contributed by atoms with Gasteiger partial charge in [0, 0.05) is 0 Å². The van der Waals surface area contributed by atoms with E-state index in [4.69, 9.17) is 16.7 Å². The maximum atomic E-state index is 13.1. The highest BCUT2D eigenvalue weighted by Gasteiger charge is 2.63. The average molecular weight is 309 g/mol. The molecule has 0 aliphatic heterocycles. The maximum absolute atomic E-state index is 13.1. The van der Waals surface area contributed by atoms with Crippen molar-refractivity contribution in [2.75, 3.05) is 0 Å². The first kappa shape index (κ1) is 15.6. The first-order valence-corrected chi connectivity index (χ1v) is 5.64. The molecule has 2 atom stereocenters. The number of carbonyl (C=O) groups is 1. The lowest BCUT2D eigenvalue weighted by Crippen LogP contribution is -2.35. The van der Waals surface area contributed by atoms with E-state index in [-0.39, 0.29) is 0 Å². The number of allylic oxidation sites excluding steroid dienone is 2. The molecule has 0 bridgehead atoms. The summed E-state index contributed by atoms with van der Waals surface area (Å²) in [5.41, 5.74) is -0.802. The van der Waals surface area contributed by atoms with Gasteiger partial charge < -0.3 is 5.11 Å². The van der Waals surface area contributed by atoms with Crippen LogP contribution < -0.4 is 0 Å². The van der Waals surface area contributed by atoms with Gasteiger partial charge in [-0.1, -0.05) is 31.5 Å². The molecule has 18 heavy (non-hydrogen) atoms. The van der Waals surface area contributed by atoms with Crippen molar-refractivity contribution in [3.63, 3.8) is 0 Å². The van der Waals surface area contributed by atoms with E-state index in [1.807, 2.05) is 0 Å². The Morgan fingerprint density at radius 3 is 2.06 bits per heavy atom. The summed E-state index contributed by atoms with van der Waals surface area (Å²) >= 11 is 9.41. The van der Waals surface area contributed by atoms with E-state index in [2.05, 4.69) is 11.6 Å². The molecule has 1 N–H and O–H groups in total. The Hall–Kier alpha value is -0.490. The van der Waals surface area contributed by atoms with Gasteiger partial charge in [0.2, 0.25) is 0 Å². The van der Waals surface area contributed by atoms with Crippen LogP contribution in [0.25, 0.3) is 0 Å². The van der Waals surface area contributed by atoms with Crippen molar-refractivity contribution >= 4 is 29.2 Å². The van der Waals surface area contributed by atoms with E-state index in [1.54, 1.807) is 0 Å². The van der Waals surface area contributed by atoms with Crippen LogP contribution in [0.2, 0.25) is 0 Å². The van der Waals surface area contributed by atoms with E-state index >= 15 is 0 Å². The predicted molar refractivity (Wildman–Crippen MR) is 58.1 cm³/mol. The van der Waals surface area contributed by atoms with Crippen molar-refractivity contribution < 1.29 is 27.5 Å². The number of carboxylic acids is 1. The molecular formula is C10H10Cl2F4O2. The van der Waals surface area contributed by atoms with Gasteiger partial charge in [0.15, 0.2) is 0 Å². The highest BCUT2D eigenvalue weighted by Crippen LogP contribution is 2.60. The first-order chi connectivity index (χ1) is 7.83. The van der Waals surface area contributed by atoms with E-state index in [0.717, 1.165) is 0 Å². The van der Waals surface area contributed by atoms with Gasteiger partial charge in [0.25, 0.3) is 0 Å². The third kappa shape index (κ3) is 2.45. The number of halogens is 6. The standard InChI is InChI=1S/C10H10Cl2F4O2/c1-8(2)4(6(8)7(17)18)3-5(11)9(13,14)10(12,15)16/h3-4,6H,1-2H3,(H,17,18)/b5-3-/t4-,6+/m0/s1. The highest BCUT2D eigenvalue weighted by molar-refractivity contribution is 6.32. The van der Waals surface area contributed by atoms with Gasteiger partial charge in [-0.05, 0) is 22.9 Å². The van der Waals surface area contributed by atoms with Gasteiger partial charge in [-0.2, -0.15) is 17.6 Å². The molecule has 1 rings (SSSR count). The van der Waals surface area contributed by atoms with Crippen molar-refractivity contribution in [2.24, 2.45) is 17.3 Å². The van der Waals surface area contributed by atoms with Crippen LogP contribution in [0.1, 0.15) is 13.8 Å². The monoisotopic (exact) mass is 308 g/mol. The second-order valence-electron chi connectivity index (χ2n) is 4.75. The van der Waals surface area contributed by atoms with Crippen LogP contribution in [-0.4, -0.2) is 22.4 Å². The second-order valence-corrected chi connectivity index (χ2v) is 5.63. The molecule has 1 fully saturated rings. The van der Waals surface area contributed by atoms with Crippen LogP contribution in [0.5, 0.6) is 0 Å². The molecule has 8 heteroatoms. The Bertz CT molecular complexity index is 401. The topological polar surface area (TPSA) is 37.3 Å². The summed E-state index contributed by atoms with van der Waals surface area (Å²) in [7, 11) is 0. The van der Waals surface area contributed by atoms with Crippen LogP contribution in [0.15, 0.2) is 11.1 Å². The minimum atomic E-state index is -4.82. The molecule has 0 saturated heterocycles. The zero-order chi connectivity index (χ0) is 14.5. The quantitative estimate of drug-likeness (QED) is 0.631. The zero-order valence-corrected chi connectivity index (χ0v) is 10.9. The van der Waals surface area contributed by atoms with E-state index in [9.17, 15) is 22.4 Å². The lowest BCUT2D eigenvalue weighted by molar-refractivity contribution is -0.139. The van der Waals surface area contributed by atoms with Gasteiger partial charge in [-0.3, -0.25) is 4.79 Å². The molecule has 0 amide bonds. The molecule has 0 radical (unpaired) electrons. The fraction of sp³-hybridized carbons (Fsp3) is 0.700. The van der Waals surface area contributed by atoms with Gasteiger partial charge in [-0.25, -0.2) is 0 Å². The summed E-state index contributed by atoms with van der Waals surface area (Å²) in [6.45, 7) is 3.04. The molecule has 1 aliphatic carbocycles. The van der Waals surface area contributed by atoms with E-state index in [1.165, 1.54) is 13.8 Å². The fourth-order valence-corrected chi connectivity index (χ4v) is 2.26. The van der Waals surface area contributed by atoms with Crippen molar-refractivity contribution in [2.45, 2.75) is 25.2 Å². The summed E-state index contributed by atoms with van der Waals surface area (Å²) in [5, 5.41) is 2.54. The van der Waals surface area contributed by atoms with Crippen LogP contribution in [0.3, 0.4) is 0 Å². The van der Waals surface area contributed by atoms with E-state index < -0.39 is 39.6 Å². The van der Waals surface area contributed by atoms with Crippen molar-refractivity contribution in [1.82, 2.24) is 0 Å². The maximum Gasteiger partial charge on any atom is 0.389 e. The summed E-state index contributed by atoms with van der Waals surface area (Å²) in [4.78, 5) is 10.8. The number of rotatable bonds is 4. The minimum Gasteiger partial charge on any atom is -0.481 e. The molecule has 1 aliphatic rings. The zero-order valence-electron chi connectivity index (χ0n) is 9.36. The van der Waals surface area contributed by atoms with Crippen LogP contribution in [0.4, 0.5) is 17.6 Å². The van der Waals surface area contributed by atoms with Gasteiger partial charge >= 0.3 is 17.3 Å². The lowest BCUT2D eigenvalue weighted by Gasteiger charge is -2.20. The number of hydrogen-bond acceptors (Lipinski definition) is 1. The third-order valence-corrected chi connectivity index (χ3v) is 3.76. The normalized spacial score (nSPS) is 28.1. The Morgan fingerprint density at radius 1 is 1.33 bits per heavy atom.